The van der Waals surface area contributed by atoms with E-state index in [1.54, 1.807) is 5.57 Å². The summed E-state index contributed by atoms with van der Waals surface area (Å²) in [4.78, 5) is 6.84. The molecule has 0 aromatic rings. The summed E-state index contributed by atoms with van der Waals surface area (Å²) < 4.78 is 0. The topological polar surface area (TPSA) is 27.6 Å². The van der Waals surface area contributed by atoms with Crippen molar-refractivity contribution in [2.75, 3.05) is 26.7 Å². The Bertz CT molecular complexity index is 331. The second-order valence-electron chi connectivity index (χ2n) is 6.00. The summed E-state index contributed by atoms with van der Waals surface area (Å²) in [5.74, 6) is 1.98. The zero-order valence-electron chi connectivity index (χ0n) is 13.0. The van der Waals surface area contributed by atoms with Gasteiger partial charge in [-0.2, -0.15) is 0 Å². The van der Waals surface area contributed by atoms with E-state index in [4.69, 9.17) is 0 Å². The van der Waals surface area contributed by atoms with E-state index in [1.807, 2.05) is 7.05 Å². The third kappa shape index (κ3) is 5.62. The average Bonchev–Trinajstić information content (AvgIpc) is 2.46. The minimum Gasteiger partial charge on any atom is -0.356 e. The minimum absolute atomic E-state index is 0. The van der Waals surface area contributed by atoms with Crippen molar-refractivity contribution in [2.24, 2.45) is 10.9 Å². The van der Waals surface area contributed by atoms with Gasteiger partial charge in [-0.1, -0.05) is 18.6 Å². The fraction of sp³-hybridized carbons (Fsp3) is 0.812. The summed E-state index contributed by atoms with van der Waals surface area (Å²) in [6.45, 7) is 5.70. The SMILES string of the molecule is CN=C(NCCC1=CCCCC1)N1CCC(C)CC1.I. The van der Waals surface area contributed by atoms with Crippen LogP contribution in [0.5, 0.6) is 0 Å². The lowest BCUT2D eigenvalue weighted by Gasteiger charge is -2.33. The van der Waals surface area contributed by atoms with Gasteiger partial charge in [0.25, 0.3) is 0 Å². The van der Waals surface area contributed by atoms with Gasteiger partial charge in [0, 0.05) is 26.7 Å². The second kappa shape index (κ2) is 9.64. The predicted molar refractivity (Wildman–Crippen MR) is 97.9 cm³/mol. The predicted octanol–water partition coefficient (Wildman–Crippen LogP) is 3.80. The van der Waals surface area contributed by atoms with Crippen LogP contribution in [0.15, 0.2) is 16.6 Å². The standard InChI is InChI=1S/C16H29N3.HI/c1-14-9-12-19(13-10-14)16(17-2)18-11-8-15-6-4-3-5-7-15;/h6,14H,3-5,7-13H2,1-2H3,(H,17,18);1H. The summed E-state index contributed by atoms with van der Waals surface area (Å²) in [5.41, 5.74) is 1.64. The van der Waals surface area contributed by atoms with E-state index in [9.17, 15) is 0 Å². The van der Waals surface area contributed by atoms with Crippen LogP contribution in [0.3, 0.4) is 0 Å². The first-order valence-corrected chi connectivity index (χ1v) is 7.93. The number of rotatable bonds is 3. The van der Waals surface area contributed by atoms with Crippen LogP contribution in [-0.2, 0) is 0 Å². The lowest BCUT2D eigenvalue weighted by atomic mass is 9.97. The van der Waals surface area contributed by atoms with Crippen LogP contribution in [0, 0.1) is 5.92 Å². The molecule has 4 heteroatoms. The van der Waals surface area contributed by atoms with Crippen molar-refractivity contribution >= 4 is 29.9 Å². The maximum absolute atomic E-state index is 4.43. The summed E-state index contributed by atoms with van der Waals surface area (Å²) >= 11 is 0. The maximum atomic E-state index is 4.43. The third-order valence-corrected chi connectivity index (χ3v) is 4.41. The fourth-order valence-electron chi connectivity index (χ4n) is 3.02. The van der Waals surface area contributed by atoms with E-state index < -0.39 is 0 Å². The van der Waals surface area contributed by atoms with E-state index in [0.717, 1.165) is 31.5 Å². The summed E-state index contributed by atoms with van der Waals surface area (Å²) in [7, 11) is 1.90. The monoisotopic (exact) mass is 391 g/mol. The van der Waals surface area contributed by atoms with Crippen molar-refractivity contribution < 1.29 is 0 Å². The van der Waals surface area contributed by atoms with Gasteiger partial charge in [-0.3, -0.25) is 4.99 Å². The Morgan fingerprint density at radius 2 is 2.10 bits per heavy atom. The highest BCUT2D eigenvalue weighted by molar-refractivity contribution is 14.0. The number of hydrogen-bond acceptors (Lipinski definition) is 1. The number of nitrogens with zero attached hydrogens (tertiary/aromatic N) is 2. The molecule has 0 atom stereocenters. The molecule has 0 bridgehead atoms. The van der Waals surface area contributed by atoms with Crippen LogP contribution in [0.2, 0.25) is 0 Å². The van der Waals surface area contributed by atoms with Gasteiger partial charge in [0.15, 0.2) is 5.96 Å². The van der Waals surface area contributed by atoms with E-state index >= 15 is 0 Å². The van der Waals surface area contributed by atoms with Crippen molar-refractivity contribution in [2.45, 2.75) is 51.9 Å². The first kappa shape index (κ1) is 17.8. The number of allylic oxidation sites excluding steroid dienone is 1. The maximum Gasteiger partial charge on any atom is 0.193 e. The van der Waals surface area contributed by atoms with Gasteiger partial charge in [-0.15, -0.1) is 24.0 Å². The highest BCUT2D eigenvalue weighted by Gasteiger charge is 2.18. The molecule has 0 amide bonds. The van der Waals surface area contributed by atoms with Gasteiger partial charge in [-0.25, -0.2) is 0 Å². The van der Waals surface area contributed by atoms with E-state index in [-0.39, 0.29) is 24.0 Å². The zero-order valence-corrected chi connectivity index (χ0v) is 15.4. The highest BCUT2D eigenvalue weighted by atomic mass is 127. The molecule has 20 heavy (non-hydrogen) atoms. The van der Waals surface area contributed by atoms with E-state index in [0.29, 0.717) is 0 Å². The molecule has 0 aromatic carbocycles. The minimum atomic E-state index is 0. The van der Waals surface area contributed by atoms with Crippen LogP contribution < -0.4 is 5.32 Å². The quantitative estimate of drug-likeness (QED) is 0.343. The lowest BCUT2D eigenvalue weighted by Crippen LogP contribution is -2.45. The molecule has 3 nitrogen and oxygen atoms in total. The molecule has 1 heterocycles. The molecule has 1 aliphatic heterocycles. The normalized spacial score (nSPS) is 21.2. The van der Waals surface area contributed by atoms with Crippen LogP contribution in [0.1, 0.15) is 51.9 Å². The Hall–Kier alpha value is -0.260. The molecule has 0 unspecified atom stereocenters. The van der Waals surface area contributed by atoms with Crippen molar-refractivity contribution in [1.29, 1.82) is 0 Å². The van der Waals surface area contributed by atoms with Crippen molar-refractivity contribution in [3.8, 4) is 0 Å². The fourth-order valence-corrected chi connectivity index (χ4v) is 3.02. The van der Waals surface area contributed by atoms with Crippen molar-refractivity contribution in [3.05, 3.63) is 11.6 Å². The Balaban J connectivity index is 0.00000200. The van der Waals surface area contributed by atoms with Crippen LogP contribution in [0.4, 0.5) is 0 Å². The Morgan fingerprint density at radius 1 is 1.35 bits per heavy atom. The molecule has 1 N–H and O–H groups in total. The molecule has 1 saturated heterocycles. The third-order valence-electron chi connectivity index (χ3n) is 4.41. The number of piperidine rings is 1. The van der Waals surface area contributed by atoms with E-state index in [1.165, 1.54) is 44.9 Å². The Morgan fingerprint density at radius 3 is 2.70 bits per heavy atom. The highest BCUT2D eigenvalue weighted by Crippen LogP contribution is 2.19. The summed E-state index contributed by atoms with van der Waals surface area (Å²) in [6.07, 6.45) is 11.6. The van der Waals surface area contributed by atoms with Gasteiger partial charge < -0.3 is 10.2 Å². The number of hydrogen-bond donors (Lipinski definition) is 1. The number of aliphatic imine (C=N–C) groups is 1. The first-order chi connectivity index (χ1) is 9.29. The Kier molecular flexibility index (Phi) is 8.57. The van der Waals surface area contributed by atoms with Crippen LogP contribution in [-0.4, -0.2) is 37.5 Å². The molecule has 2 rings (SSSR count). The van der Waals surface area contributed by atoms with Gasteiger partial charge in [0.1, 0.15) is 0 Å². The number of likely N-dealkylation sites (tertiary alicyclic amines) is 1. The van der Waals surface area contributed by atoms with Crippen molar-refractivity contribution in [1.82, 2.24) is 10.2 Å². The molecule has 1 aliphatic carbocycles. The largest absolute Gasteiger partial charge is 0.356 e. The van der Waals surface area contributed by atoms with Gasteiger partial charge in [-0.05, 0) is 50.9 Å². The average molecular weight is 391 g/mol. The lowest BCUT2D eigenvalue weighted by molar-refractivity contribution is 0.273. The molecule has 0 spiro atoms. The van der Waals surface area contributed by atoms with Gasteiger partial charge in [0.2, 0.25) is 0 Å². The van der Waals surface area contributed by atoms with Gasteiger partial charge in [0.05, 0.1) is 0 Å². The summed E-state index contributed by atoms with van der Waals surface area (Å²) in [6, 6.07) is 0. The molecule has 1 fully saturated rings. The first-order valence-electron chi connectivity index (χ1n) is 7.93. The zero-order chi connectivity index (χ0) is 13.5. The van der Waals surface area contributed by atoms with Crippen molar-refractivity contribution in [3.63, 3.8) is 0 Å². The second-order valence-corrected chi connectivity index (χ2v) is 6.00. The van der Waals surface area contributed by atoms with Crippen LogP contribution >= 0.6 is 24.0 Å². The number of guanidine groups is 1. The molecule has 0 saturated carbocycles. The summed E-state index contributed by atoms with van der Waals surface area (Å²) in [5, 5.41) is 3.54. The number of halogens is 1. The molecule has 116 valence electrons. The molecular weight excluding hydrogens is 361 g/mol. The molecule has 0 radical (unpaired) electrons. The van der Waals surface area contributed by atoms with E-state index in [2.05, 4.69) is 28.2 Å². The van der Waals surface area contributed by atoms with Gasteiger partial charge >= 0.3 is 0 Å². The molecule has 0 aromatic heterocycles. The molecule has 2 aliphatic rings. The smallest absolute Gasteiger partial charge is 0.193 e. The number of nitrogens with one attached hydrogen (secondary N) is 1. The molecular formula is C16H30IN3. The Labute approximate surface area is 141 Å². The van der Waals surface area contributed by atoms with Crippen LogP contribution in [0.25, 0.3) is 0 Å².